The zero-order chi connectivity index (χ0) is 31.1. The Balaban J connectivity index is 1.22. The molecule has 4 aromatic rings. The van der Waals surface area contributed by atoms with E-state index in [1.165, 1.54) is 28.1 Å². The van der Waals surface area contributed by atoms with E-state index in [0.717, 1.165) is 0 Å². The van der Waals surface area contributed by atoms with Crippen LogP contribution in [0.2, 0.25) is 0 Å². The normalized spacial score (nSPS) is 38.0. The number of hydrogen-bond donors (Lipinski definition) is 6. The van der Waals surface area contributed by atoms with Gasteiger partial charge in [-0.15, -0.1) is 0 Å². The minimum atomic E-state index is -4.33. The molecule has 2 saturated heterocycles. The zero-order valence-corrected chi connectivity index (χ0v) is 25.4. The highest BCUT2D eigenvalue weighted by Crippen LogP contribution is 2.60. The van der Waals surface area contributed by atoms with Crippen LogP contribution in [0.5, 0.6) is 0 Å². The number of ether oxygens (including phenoxy) is 1. The number of alkyl halides is 1. The average molecular weight is 693 g/mol. The fourth-order valence-corrected chi connectivity index (χ4v) is 8.87. The van der Waals surface area contributed by atoms with E-state index >= 15 is 4.39 Å². The van der Waals surface area contributed by atoms with Crippen LogP contribution in [0, 0.1) is 0 Å². The van der Waals surface area contributed by atoms with Crippen molar-refractivity contribution in [3.63, 3.8) is 0 Å². The maximum Gasteiger partial charge on any atom is 0.386 e. The summed E-state index contributed by atoms with van der Waals surface area (Å²) in [5.41, 5.74) is 11.3. The van der Waals surface area contributed by atoms with Crippen LogP contribution in [0.25, 0.3) is 22.3 Å². The van der Waals surface area contributed by atoms with E-state index in [1.807, 2.05) is 0 Å². The molecule has 3 unspecified atom stereocenters. The largest absolute Gasteiger partial charge is 0.388 e. The molecule has 6 heterocycles. The number of nitrogen functional groups attached to an aromatic ring is 2. The number of thiol groups is 1. The molecule has 44 heavy (non-hydrogen) atoms. The molecule has 10 atom stereocenters. The topological polar surface area (TPSA) is 263 Å². The number of H-pyrrole nitrogens is 1. The molecule has 19 nitrogen and oxygen atoms in total. The SMILES string of the molecule is Nc1nc2c(ncn2[C@@H]2C[C@@H]3OP(O)(=S)O[C@@H]4C(COP(=O)(S)O[C@@H]2[C@@H]3O)O[C@@H](n2cnc3c(N)ncnc32)[C@@H]4F)c(=O)[nH]1. The van der Waals surface area contributed by atoms with Crippen LogP contribution < -0.4 is 17.0 Å². The molecule has 3 aliphatic rings. The first kappa shape index (κ1) is 30.1. The molecule has 24 heteroatoms. The molecular formula is C20H23FN10O9P2S2. The van der Waals surface area contributed by atoms with Crippen molar-refractivity contribution in [1.29, 1.82) is 0 Å². The summed E-state index contributed by atoms with van der Waals surface area (Å²) >= 11 is 9.30. The molecular weight excluding hydrogens is 669 g/mol. The molecule has 0 aromatic carbocycles. The van der Waals surface area contributed by atoms with Gasteiger partial charge in [-0.05, 0) is 11.8 Å². The zero-order valence-electron chi connectivity index (χ0n) is 21.9. The second-order valence-corrected chi connectivity index (χ2v) is 15.8. The molecule has 0 spiro atoms. The third-order valence-corrected chi connectivity index (χ3v) is 10.7. The van der Waals surface area contributed by atoms with Crippen molar-refractivity contribution in [3.05, 3.63) is 29.3 Å². The number of nitrogens with two attached hydrogens (primary N) is 2. The Morgan fingerprint density at radius 1 is 1.07 bits per heavy atom. The number of rotatable bonds is 2. The summed E-state index contributed by atoms with van der Waals surface area (Å²) in [6, 6.07) is -0.952. The second kappa shape index (κ2) is 10.7. The smallest absolute Gasteiger partial charge is 0.386 e. The van der Waals surface area contributed by atoms with Crippen LogP contribution in [0.15, 0.2) is 23.8 Å². The predicted octanol–water partition coefficient (Wildman–Crippen LogP) is 0.106. The van der Waals surface area contributed by atoms with Crippen LogP contribution in [0.1, 0.15) is 18.7 Å². The van der Waals surface area contributed by atoms with Crippen LogP contribution in [-0.4, -0.2) is 92.3 Å². The predicted molar refractivity (Wildman–Crippen MR) is 154 cm³/mol. The Kier molecular flexibility index (Phi) is 7.33. The van der Waals surface area contributed by atoms with Gasteiger partial charge >= 0.3 is 13.5 Å². The lowest BCUT2D eigenvalue weighted by atomic mass is 10.1. The maximum atomic E-state index is 16.1. The van der Waals surface area contributed by atoms with Gasteiger partial charge in [-0.25, -0.2) is 28.9 Å². The molecule has 2 bridgehead atoms. The number of halogens is 1. The number of aliphatic hydroxyl groups excluding tert-OH is 1. The summed E-state index contributed by atoms with van der Waals surface area (Å²) in [4.78, 5) is 46.0. The van der Waals surface area contributed by atoms with Gasteiger partial charge in [0.2, 0.25) is 5.95 Å². The van der Waals surface area contributed by atoms with Gasteiger partial charge < -0.3 is 35.3 Å². The first-order valence-electron chi connectivity index (χ1n) is 12.8. The van der Waals surface area contributed by atoms with Gasteiger partial charge in [0.15, 0.2) is 35.0 Å². The number of anilines is 2. The minimum Gasteiger partial charge on any atom is -0.388 e. The van der Waals surface area contributed by atoms with E-state index in [-0.39, 0.29) is 40.5 Å². The van der Waals surface area contributed by atoms with Crippen LogP contribution >= 0.6 is 25.8 Å². The van der Waals surface area contributed by atoms with Gasteiger partial charge in [0.1, 0.15) is 36.3 Å². The molecule has 1 aliphatic carbocycles. The fourth-order valence-electron chi connectivity index (χ4n) is 5.58. The Labute approximate surface area is 255 Å². The molecule has 7 N–H and O–H groups in total. The second-order valence-electron chi connectivity index (χ2n) is 10.2. The van der Waals surface area contributed by atoms with Crippen molar-refractivity contribution >= 4 is 71.7 Å². The molecule has 7 rings (SSSR count). The highest BCUT2D eigenvalue weighted by Gasteiger charge is 2.54. The number of nitrogens with zero attached hydrogens (tertiary/aromatic N) is 7. The quantitative estimate of drug-likeness (QED) is 0.120. The molecule has 0 amide bonds. The first-order valence-corrected chi connectivity index (χ1v) is 18.1. The van der Waals surface area contributed by atoms with Gasteiger partial charge in [0, 0.05) is 6.42 Å². The van der Waals surface area contributed by atoms with Crippen molar-refractivity contribution < 1.29 is 41.8 Å². The highest BCUT2D eigenvalue weighted by atomic mass is 32.7. The molecule has 236 valence electrons. The Hall–Kier alpha value is -2.62. The van der Waals surface area contributed by atoms with E-state index in [2.05, 4.69) is 42.2 Å². The van der Waals surface area contributed by atoms with E-state index < -0.39 is 74.6 Å². The van der Waals surface area contributed by atoms with Crippen molar-refractivity contribution in [2.45, 2.75) is 55.4 Å². The Morgan fingerprint density at radius 2 is 1.82 bits per heavy atom. The van der Waals surface area contributed by atoms with Crippen molar-refractivity contribution in [1.82, 2.24) is 39.0 Å². The molecule has 1 saturated carbocycles. The number of imidazole rings is 2. The number of hydrogen-bond acceptors (Lipinski definition) is 16. The van der Waals surface area contributed by atoms with Gasteiger partial charge in [-0.1, -0.05) is 12.2 Å². The third-order valence-electron chi connectivity index (χ3n) is 7.49. The van der Waals surface area contributed by atoms with Gasteiger partial charge in [-0.2, -0.15) is 4.98 Å². The number of fused-ring (bicyclic) bond motifs is 5. The van der Waals surface area contributed by atoms with Crippen LogP contribution in [-0.2, 0) is 39.2 Å². The van der Waals surface area contributed by atoms with E-state index in [0.29, 0.717) is 0 Å². The van der Waals surface area contributed by atoms with Gasteiger partial charge in [-0.3, -0.25) is 27.9 Å². The maximum absolute atomic E-state index is 16.1. The fraction of sp³-hybridized carbons (Fsp3) is 0.500. The van der Waals surface area contributed by atoms with E-state index in [4.69, 9.17) is 46.1 Å². The van der Waals surface area contributed by atoms with Crippen molar-refractivity contribution in [2.24, 2.45) is 0 Å². The number of nitrogens with one attached hydrogen (secondary N) is 1. The Bertz CT molecular complexity index is 1930. The summed E-state index contributed by atoms with van der Waals surface area (Å²) < 4.78 is 60.5. The third kappa shape index (κ3) is 5.13. The van der Waals surface area contributed by atoms with Crippen LogP contribution in [0.3, 0.4) is 0 Å². The monoisotopic (exact) mass is 692 g/mol. The lowest BCUT2D eigenvalue weighted by Gasteiger charge is -2.30. The summed E-state index contributed by atoms with van der Waals surface area (Å²) in [6.07, 6.45) is -7.10. The summed E-state index contributed by atoms with van der Waals surface area (Å²) in [6.45, 7) is -9.26. The minimum absolute atomic E-state index is 0.0323. The molecule has 4 aromatic heterocycles. The summed E-state index contributed by atoms with van der Waals surface area (Å²) in [5, 5.41) is 11.2. The molecule has 0 radical (unpaired) electrons. The number of aromatic nitrogens is 8. The highest BCUT2D eigenvalue weighted by molar-refractivity contribution is 8.44. The average Bonchev–Trinajstić information content (AvgIpc) is 3.70. The summed E-state index contributed by atoms with van der Waals surface area (Å²) in [7, 11) is 0. The van der Waals surface area contributed by atoms with Crippen LogP contribution in [0.4, 0.5) is 16.2 Å². The van der Waals surface area contributed by atoms with E-state index in [1.54, 1.807) is 0 Å². The first-order chi connectivity index (χ1) is 20.8. The van der Waals surface area contributed by atoms with Gasteiger partial charge in [0.05, 0.1) is 31.4 Å². The standard InChI is InChI=1S/C20H23FN10O9P2S2/c21-9-14-8(37-19(9)31-5-26-10-15(22)24-3-25-16(10)31)2-36-41(34,43)39-13-6(1-7(12(13)32)38-42(35,44)40-14)30-4-27-11-17(30)28-20(23)29-18(11)33/h3-9,12-14,19,32H,1-2H2,(H,34,43)(H,35,44)(H2,22,24,25)(H3,23,28,29,33)/t6-,7+,8?,9-,12-,13+,14-,19-,41?,42?/m1/s1. The number of aromatic amines is 1. The lowest BCUT2D eigenvalue weighted by Crippen LogP contribution is -2.37. The van der Waals surface area contributed by atoms with Gasteiger partial charge in [0.25, 0.3) is 5.56 Å². The lowest BCUT2D eigenvalue weighted by molar-refractivity contribution is -0.0539. The van der Waals surface area contributed by atoms with E-state index in [9.17, 15) is 19.4 Å². The van der Waals surface area contributed by atoms with Crippen molar-refractivity contribution in [3.8, 4) is 0 Å². The summed E-state index contributed by atoms with van der Waals surface area (Å²) in [5.74, 6) is -0.144. The molecule has 2 aliphatic heterocycles. The number of aliphatic hydroxyl groups is 1. The molecule has 3 fully saturated rings. The van der Waals surface area contributed by atoms with Crippen molar-refractivity contribution in [2.75, 3.05) is 18.1 Å². The Morgan fingerprint density at radius 3 is 2.61 bits per heavy atom.